The summed E-state index contributed by atoms with van der Waals surface area (Å²) < 4.78 is 16.6. The summed E-state index contributed by atoms with van der Waals surface area (Å²) in [4.78, 5) is 19.2. The van der Waals surface area contributed by atoms with Gasteiger partial charge in [-0.1, -0.05) is 19.9 Å². The lowest BCUT2D eigenvalue weighted by Gasteiger charge is -2.34. The van der Waals surface area contributed by atoms with Crippen molar-refractivity contribution < 1.29 is 19.0 Å². The summed E-state index contributed by atoms with van der Waals surface area (Å²) >= 11 is 0. The normalized spacial score (nSPS) is 17.6. The van der Waals surface area contributed by atoms with Gasteiger partial charge in [0.15, 0.2) is 17.5 Å². The van der Waals surface area contributed by atoms with Crippen molar-refractivity contribution in [2.45, 2.75) is 46.0 Å². The van der Waals surface area contributed by atoms with Crippen LogP contribution in [0.1, 0.15) is 46.1 Å². The molecule has 0 bridgehead atoms. The number of hydrogen-bond donors (Lipinski definition) is 1. The molecule has 2 aliphatic heterocycles. The molecule has 0 aliphatic carbocycles. The van der Waals surface area contributed by atoms with E-state index < -0.39 is 0 Å². The van der Waals surface area contributed by atoms with Crippen LogP contribution >= 0.6 is 0 Å². The minimum absolute atomic E-state index is 0.00164. The lowest BCUT2D eigenvalue weighted by molar-refractivity contribution is -0.149. The summed E-state index contributed by atoms with van der Waals surface area (Å²) in [5, 5.41) is 3.41. The number of ether oxygens (including phenoxy) is 3. The van der Waals surface area contributed by atoms with E-state index in [1.54, 1.807) is 0 Å². The second kappa shape index (κ2) is 10.0. The Hall–Kier alpha value is -2.44. The molecule has 3 rings (SSSR count). The fraction of sp³-hybridized carbons (Fsp3) is 0.652. The highest BCUT2D eigenvalue weighted by Crippen LogP contribution is 2.35. The Kier molecular flexibility index (Phi) is 7.45. The van der Waals surface area contributed by atoms with Crippen molar-refractivity contribution in [1.29, 1.82) is 0 Å². The Balaban J connectivity index is 1.66. The number of nitrogens with one attached hydrogen (secondary N) is 1. The van der Waals surface area contributed by atoms with Gasteiger partial charge < -0.3 is 24.4 Å². The van der Waals surface area contributed by atoms with Gasteiger partial charge in [-0.05, 0) is 44.4 Å². The van der Waals surface area contributed by atoms with Crippen LogP contribution in [0.4, 0.5) is 0 Å². The molecule has 0 amide bonds. The van der Waals surface area contributed by atoms with Crippen molar-refractivity contribution in [2.75, 3.05) is 46.0 Å². The molecule has 30 heavy (non-hydrogen) atoms. The van der Waals surface area contributed by atoms with Crippen LogP contribution in [0, 0.1) is 5.92 Å². The molecule has 0 radical (unpaired) electrons. The van der Waals surface area contributed by atoms with E-state index in [0.29, 0.717) is 26.4 Å². The maximum atomic E-state index is 12.0. The van der Waals surface area contributed by atoms with Gasteiger partial charge in [0.05, 0.1) is 19.1 Å². The Bertz CT molecular complexity index is 755. The summed E-state index contributed by atoms with van der Waals surface area (Å²) in [6, 6.07) is 6.16. The van der Waals surface area contributed by atoms with E-state index in [9.17, 15) is 4.79 Å². The van der Waals surface area contributed by atoms with E-state index in [4.69, 9.17) is 19.2 Å². The quantitative estimate of drug-likeness (QED) is 0.436. The summed E-state index contributed by atoms with van der Waals surface area (Å²) in [5.41, 5.74) is 1.02. The summed E-state index contributed by atoms with van der Waals surface area (Å²) in [5.74, 6) is 2.45. The minimum atomic E-state index is -0.153. The molecule has 0 atom stereocenters. The maximum Gasteiger partial charge on any atom is 0.309 e. The Morgan fingerprint density at radius 3 is 2.57 bits per heavy atom. The van der Waals surface area contributed by atoms with Crippen LogP contribution in [0.2, 0.25) is 0 Å². The van der Waals surface area contributed by atoms with Gasteiger partial charge in [-0.2, -0.15) is 0 Å². The molecule has 166 valence electrons. The van der Waals surface area contributed by atoms with Gasteiger partial charge in [0.1, 0.15) is 13.2 Å². The van der Waals surface area contributed by atoms with Crippen LogP contribution in [0.5, 0.6) is 11.5 Å². The molecule has 0 saturated carbocycles. The monoisotopic (exact) mass is 417 g/mol. The van der Waals surface area contributed by atoms with Gasteiger partial charge in [0.2, 0.25) is 0 Å². The van der Waals surface area contributed by atoms with Crippen molar-refractivity contribution in [1.82, 2.24) is 10.2 Å². The number of piperidine rings is 1. The molecule has 1 aromatic rings. The Morgan fingerprint density at radius 1 is 1.20 bits per heavy atom. The zero-order valence-corrected chi connectivity index (χ0v) is 18.7. The molecule has 1 aromatic carbocycles. The fourth-order valence-electron chi connectivity index (χ4n) is 3.84. The second-order valence-electron chi connectivity index (χ2n) is 8.43. The van der Waals surface area contributed by atoms with Gasteiger partial charge in [-0.3, -0.25) is 9.79 Å². The van der Waals surface area contributed by atoms with Crippen molar-refractivity contribution in [2.24, 2.45) is 10.9 Å². The second-order valence-corrected chi connectivity index (χ2v) is 8.43. The standard InChI is InChI=1S/C23H35N3O4/c1-5-24-22(26-11-9-17(10-12-26)21(27)28-6-2)25-16-23(3,4)18-7-8-19-20(15-18)30-14-13-29-19/h7-8,15,17H,5-6,9-14,16H2,1-4H3,(H,24,25). The first-order chi connectivity index (χ1) is 14.4. The predicted molar refractivity (Wildman–Crippen MR) is 117 cm³/mol. The highest BCUT2D eigenvalue weighted by atomic mass is 16.6. The molecule has 7 nitrogen and oxygen atoms in total. The molecular formula is C23H35N3O4. The fourth-order valence-corrected chi connectivity index (χ4v) is 3.84. The van der Waals surface area contributed by atoms with Crippen molar-refractivity contribution in [3.8, 4) is 11.5 Å². The highest BCUT2D eigenvalue weighted by molar-refractivity contribution is 5.80. The summed E-state index contributed by atoms with van der Waals surface area (Å²) in [7, 11) is 0. The number of carbonyl (C=O) groups excluding carboxylic acids is 1. The van der Waals surface area contributed by atoms with Gasteiger partial charge in [0.25, 0.3) is 0 Å². The SMILES string of the molecule is CCNC(=NCC(C)(C)c1ccc2c(c1)OCCO2)N1CCC(C(=O)OCC)CC1. The zero-order chi connectivity index (χ0) is 21.6. The predicted octanol–water partition coefficient (Wildman–Crippen LogP) is 2.98. The van der Waals surface area contributed by atoms with E-state index >= 15 is 0 Å². The molecule has 0 spiro atoms. The van der Waals surface area contributed by atoms with Gasteiger partial charge >= 0.3 is 5.97 Å². The molecule has 1 N–H and O–H groups in total. The molecule has 2 heterocycles. The van der Waals surface area contributed by atoms with Crippen LogP contribution in [-0.2, 0) is 14.9 Å². The lowest BCUT2D eigenvalue weighted by Crippen LogP contribution is -2.47. The van der Waals surface area contributed by atoms with Gasteiger partial charge in [0, 0.05) is 25.0 Å². The number of carbonyl (C=O) groups is 1. The molecule has 2 aliphatic rings. The molecule has 0 aromatic heterocycles. The molecular weight excluding hydrogens is 382 g/mol. The first-order valence-electron chi connectivity index (χ1n) is 11.0. The van der Waals surface area contributed by atoms with Crippen LogP contribution in [-0.4, -0.2) is 62.8 Å². The van der Waals surface area contributed by atoms with Gasteiger partial charge in [-0.15, -0.1) is 0 Å². The largest absolute Gasteiger partial charge is 0.486 e. The average Bonchev–Trinajstić information content (AvgIpc) is 2.76. The van der Waals surface area contributed by atoms with Crippen LogP contribution in [0.15, 0.2) is 23.2 Å². The first-order valence-corrected chi connectivity index (χ1v) is 11.0. The number of likely N-dealkylation sites (tertiary alicyclic amines) is 1. The Morgan fingerprint density at radius 2 is 1.90 bits per heavy atom. The van der Waals surface area contributed by atoms with E-state index in [1.165, 1.54) is 5.56 Å². The number of hydrogen-bond acceptors (Lipinski definition) is 5. The number of guanidine groups is 1. The smallest absolute Gasteiger partial charge is 0.309 e. The van der Waals surface area contributed by atoms with Crippen molar-refractivity contribution in [3.63, 3.8) is 0 Å². The van der Waals surface area contributed by atoms with Crippen LogP contribution in [0.25, 0.3) is 0 Å². The number of esters is 1. The molecule has 0 unspecified atom stereocenters. The third kappa shape index (κ3) is 5.37. The molecule has 1 fully saturated rings. The summed E-state index contributed by atoms with van der Waals surface area (Å²) in [6.07, 6.45) is 1.60. The maximum absolute atomic E-state index is 12.0. The van der Waals surface area contributed by atoms with Gasteiger partial charge in [-0.25, -0.2) is 0 Å². The summed E-state index contributed by atoms with van der Waals surface area (Å²) in [6.45, 7) is 13.0. The number of aliphatic imine (C=N–C) groups is 1. The third-order valence-electron chi connectivity index (χ3n) is 5.70. The highest BCUT2D eigenvalue weighted by Gasteiger charge is 2.28. The number of nitrogens with zero attached hydrogens (tertiary/aromatic N) is 2. The van der Waals surface area contributed by atoms with E-state index in [0.717, 1.165) is 49.9 Å². The number of rotatable bonds is 6. The van der Waals surface area contributed by atoms with Crippen LogP contribution < -0.4 is 14.8 Å². The first kappa shape index (κ1) is 22.2. The number of fused-ring (bicyclic) bond motifs is 1. The molecule has 1 saturated heterocycles. The van der Waals surface area contributed by atoms with E-state index in [-0.39, 0.29) is 17.3 Å². The van der Waals surface area contributed by atoms with Crippen molar-refractivity contribution in [3.05, 3.63) is 23.8 Å². The Labute approximate surface area is 179 Å². The molecule has 7 heteroatoms. The van der Waals surface area contributed by atoms with Crippen LogP contribution in [0.3, 0.4) is 0 Å². The zero-order valence-electron chi connectivity index (χ0n) is 18.7. The lowest BCUT2D eigenvalue weighted by atomic mass is 9.84. The number of benzene rings is 1. The van der Waals surface area contributed by atoms with Crippen molar-refractivity contribution >= 4 is 11.9 Å². The third-order valence-corrected chi connectivity index (χ3v) is 5.70. The van der Waals surface area contributed by atoms with E-state index in [1.807, 2.05) is 13.0 Å². The van der Waals surface area contributed by atoms with E-state index in [2.05, 4.69) is 43.1 Å². The minimum Gasteiger partial charge on any atom is -0.486 e. The topological polar surface area (TPSA) is 72.4 Å². The average molecular weight is 418 g/mol.